The summed E-state index contributed by atoms with van der Waals surface area (Å²) in [5.41, 5.74) is 4.02. The van der Waals surface area contributed by atoms with Crippen molar-refractivity contribution >= 4 is 27.0 Å². The van der Waals surface area contributed by atoms with Crippen LogP contribution in [-0.2, 0) is 30.3 Å². The number of hydrogen-bond donors (Lipinski definition) is 1. The summed E-state index contributed by atoms with van der Waals surface area (Å²) in [6.07, 6.45) is 1.71. The summed E-state index contributed by atoms with van der Waals surface area (Å²) in [7, 11) is -2.22. The lowest BCUT2D eigenvalue weighted by Crippen LogP contribution is -2.46. The van der Waals surface area contributed by atoms with E-state index < -0.39 is 27.9 Å². The van der Waals surface area contributed by atoms with E-state index in [0.717, 1.165) is 34.8 Å². The van der Waals surface area contributed by atoms with Gasteiger partial charge < -0.3 is 14.5 Å². The first-order chi connectivity index (χ1) is 17.5. The number of ether oxygens (including phenoxy) is 2. The summed E-state index contributed by atoms with van der Waals surface area (Å²) in [6.45, 7) is 5.88. The zero-order valence-electron chi connectivity index (χ0n) is 21.7. The molecule has 0 unspecified atom stereocenters. The highest BCUT2D eigenvalue weighted by atomic mass is 32.2. The van der Waals surface area contributed by atoms with Gasteiger partial charge in [-0.2, -0.15) is 8.42 Å². The molecular weight excluding hydrogens is 499 g/mol. The highest BCUT2D eigenvalue weighted by molar-refractivity contribution is 7.85. The van der Waals surface area contributed by atoms with Crippen molar-refractivity contribution in [2.75, 3.05) is 33.1 Å². The van der Waals surface area contributed by atoms with Gasteiger partial charge in [0.05, 0.1) is 25.3 Å². The molecule has 0 aliphatic carbocycles. The Balaban J connectivity index is 1.79. The minimum Gasteiger partial charge on any atom is -0.491 e. The number of esters is 1. The average Bonchev–Trinajstić information content (AvgIpc) is 3.21. The van der Waals surface area contributed by atoms with E-state index in [1.807, 2.05) is 18.2 Å². The molecule has 1 aliphatic heterocycles. The fourth-order valence-corrected chi connectivity index (χ4v) is 5.57. The van der Waals surface area contributed by atoms with E-state index in [9.17, 15) is 13.2 Å². The van der Waals surface area contributed by atoms with E-state index in [2.05, 4.69) is 22.9 Å². The second-order valence-electron chi connectivity index (χ2n) is 9.60. The molecule has 0 bridgehead atoms. The van der Waals surface area contributed by atoms with E-state index in [4.69, 9.17) is 13.7 Å². The second kappa shape index (κ2) is 10.8. The third-order valence-corrected chi connectivity index (χ3v) is 7.52. The Bertz CT molecular complexity index is 1400. The number of aromatic nitrogens is 1. The highest BCUT2D eigenvalue weighted by Crippen LogP contribution is 2.44. The van der Waals surface area contributed by atoms with Crippen LogP contribution >= 0.6 is 0 Å². The standard InChI is InChI=1S/C27H33FN2O6S/c1-16(27(31)34-4)15-30-17(2)14-20-19-8-6-7-9-22(19)29-25(20)26(30)24-18(3)23(11-10-21(24)28)35-12-13-36-37(5,32)33/h6-11,16-17,26,29H,12-15H2,1-5H3/t16-,17+,26+/m0/s1. The quantitative estimate of drug-likeness (QED) is 0.252. The Hall–Kier alpha value is -2.95. The van der Waals surface area contributed by atoms with Gasteiger partial charge in [-0.3, -0.25) is 13.9 Å². The SMILES string of the molecule is COC(=O)[C@@H](C)CN1[C@H](c2c(F)ccc(OCCOS(C)(=O)=O)c2C)c2[nH]c3ccccc3c2C[C@H]1C. The van der Waals surface area contributed by atoms with Crippen LogP contribution < -0.4 is 4.74 Å². The molecule has 3 atom stereocenters. The van der Waals surface area contributed by atoms with Crippen molar-refractivity contribution in [1.29, 1.82) is 0 Å². The molecule has 200 valence electrons. The molecular formula is C27H33FN2O6S. The molecule has 1 aromatic heterocycles. The molecule has 8 nitrogen and oxygen atoms in total. The number of para-hydroxylation sites is 1. The van der Waals surface area contributed by atoms with Crippen molar-refractivity contribution in [2.24, 2.45) is 5.92 Å². The van der Waals surface area contributed by atoms with Gasteiger partial charge >= 0.3 is 5.97 Å². The van der Waals surface area contributed by atoms with Crippen molar-refractivity contribution in [3.63, 3.8) is 0 Å². The van der Waals surface area contributed by atoms with Gasteiger partial charge in [-0.05, 0) is 49.6 Å². The van der Waals surface area contributed by atoms with Crippen LogP contribution in [0.5, 0.6) is 5.75 Å². The maximum Gasteiger partial charge on any atom is 0.309 e. The number of rotatable bonds is 9. The Labute approximate surface area is 216 Å². The van der Waals surface area contributed by atoms with Crippen LogP contribution in [0, 0.1) is 18.7 Å². The Morgan fingerprint density at radius 1 is 1.22 bits per heavy atom. The number of fused-ring (bicyclic) bond motifs is 3. The van der Waals surface area contributed by atoms with E-state index in [1.165, 1.54) is 19.2 Å². The minimum absolute atomic E-state index is 0.00958. The maximum absolute atomic E-state index is 15.7. The zero-order chi connectivity index (χ0) is 26.9. The Morgan fingerprint density at radius 3 is 2.65 bits per heavy atom. The van der Waals surface area contributed by atoms with Gasteiger partial charge in [-0.25, -0.2) is 4.39 Å². The van der Waals surface area contributed by atoms with Crippen LogP contribution in [0.4, 0.5) is 4.39 Å². The molecule has 2 aromatic carbocycles. The molecule has 0 spiro atoms. The predicted octanol–water partition coefficient (Wildman–Crippen LogP) is 4.12. The molecule has 1 aliphatic rings. The smallest absolute Gasteiger partial charge is 0.309 e. The van der Waals surface area contributed by atoms with Crippen LogP contribution in [0.2, 0.25) is 0 Å². The molecule has 0 saturated heterocycles. The number of halogens is 1. The fraction of sp³-hybridized carbons (Fsp3) is 0.444. The van der Waals surface area contributed by atoms with Gasteiger partial charge in [0.1, 0.15) is 24.8 Å². The van der Waals surface area contributed by atoms with Crippen molar-refractivity contribution in [1.82, 2.24) is 9.88 Å². The molecule has 3 aromatic rings. The monoisotopic (exact) mass is 532 g/mol. The van der Waals surface area contributed by atoms with Gasteiger partial charge in [0.25, 0.3) is 10.1 Å². The van der Waals surface area contributed by atoms with Crippen molar-refractivity contribution in [3.8, 4) is 5.75 Å². The first-order valence-electron chi connectivity index (χ1n) is 12.2. The topological polar surface area (TPSA) is 97.9 Å². The summed E-state index contributed by atoms with van der Waals surface area (Å²) in [6, 6.07) is 10.4. The van der Waals surface area contributed by atoms with Crippen LogP contribution in [0.3, 0.4) is 0 Å². The lowest BCUT2D eigenvalue weighted by atomic mass is 9.86. The maximum atomic E-state index is 15.7. The highest BCUT2D eigenvalue weighted by Gasteiger charge is 2.39. The molecule has 10 heteroatoms. The minimum atomic E-state index is -3.59. The second-order valence-corrected chi connectivity index (χ2v) is 11.2. The van der Waals surface area contributed by atoms with E-state index in [-0.39, 0.29) is 25.2 Å². The predicted molar refractivity (Wildman–Crippen MR) is 139 cm³/mol. The number of methoxy groups -OCH3 is 1. The van der Waals surface area contributed by atoms with Crippen molar-refractivity contribution < 1.29 is 31.3 Å². The number of benzene rings is 2. The molecule has 0 fully saturated rings. The number of nitrogens with zero attached hydrogens (tertiary/aromatic N) is 1. The number of carbonyl (C=O) groups excluding carboxylic acids is 1. The van der Waals surface area contributed by atoms with Crippen LogP contribution in [0.15, 0.2) is 36.4 Å². The van der Waals surface area contributed by atoms with E-state index in [0.29, 0.717) is 23.4 Å². The van der Waals surface area contributed by atoms with Gasteiger partial charge in [0.15, 0.2) is 0 Å². The summed E-state index contributed by atoms with van der Waals surface area (Å²) >= 11 is 0. The van der Waals surface area contributed by atoms with Crippen LogP contribution in [0.1, 0.15) is 42.3 Å². The summed E-state index contributed by atoms with van der Waals surface area (Å²) in [5, 5.41) is 1.10. The summed E-state index contributed by atoms with van der Waals surface area (Å²) < 4.78 is 53.7. The van der Waals surface area contributed by atoms with Gasteiger partial charge in [0, 0.05) is 34.7 Å². The summed E-state index contributed by atoms with van der Waals surface area (Å²) in [4.78, 5) is 18.0. The first kappa shape index (κ1) is 27.1. The average molecular weight is 533 g/mol. The van der Waals surface area contributed by atoms with Gasteiger partial charge in [0.2, 0.25) is 0 Å². The molecule has 0 amide bonds. The Kier molecular flexibility index (Phi) is 7.91. The normalized spacial score (nSPS) is 19.0. The lowest BCUT2D eigenvalue weighted by molar-refractivity contribution is -0.145. The first-order valence-corrected chi connectivity index (χ1v) is 14.0. The number of aromatic amines is 1. The largest absolute Gasteiger partial charge is 0.491 e. The lowest BCUT2D eigenvalue weighted by Gasteiger charge is -2.42. The number of nitrogens with one attached hydrogen (secondary N) is 1. The van der Waals surface area contributed by atoms with Crippen LogP contribution in [0.25, 0.3) is 10.9 Å². The van der Waals surface area contributed by atoms with Gasteiger partial charge in [-0.15, -0.1) is 0 Å². The molecule has 2 heterocycles. The molecule has 4 rings (SSSR count). The molecule has 1 N–H and O–H groups in total. The van der Waals surface area contributed by atoms with Crippen molar-refractivity contribution in [3.05, 3.63) is 64.6 Å². The zero-order valence-corrected chi connectivity index (χ0v) is 22.5. The number of hydrogen-bond acceptors (Lipinski definition) is 7. The number of H-pyrrole nitrogens is 1. The third kappa shape index (κ3) is 5.66. The fourth-order valence-electron chi connectivity index (χ4n) is 5.20. The molecule has 37 heavy (non-hydrogen) atoms. The third-order valence-electron chi connectivity index (χ3n) is 6.93. The Morgan fingerprint density at radius 2 is 1.95 bits per heavy atom. The van der Waals surface area contributed by atoms with Crippen LogP contribution in [-0.4, -0.2) is 63.4 Å². The molecule has 0 radical (unpaired) electrons. The molecule has 0 saturated carbocycles. The van der Waals surface area contributed by atoms with Crippen molar-refractivity contribution in [2.45, 2.75) is 39.3 Å². The van der Waals surface area contributed by atoms with E-state index >= 15 is 4.39 Å². The number of carbonyl (C=O) groups is 1. The summed E-state index contributed by atoms with van der Waals surface area (Å²) in [5.74, 6) is -0.701. The van der Waals surface area contributed by atoms with Gasteiger partial charge in [-0.1, -0.05) is 25.1 Å². The van der Waals surface area contributed by atoms with E-state index in [1.54, 1.807) is 13.8 Å².